The number of nitrogens with one attached hydrogen (secondary N) is 1. The number of hydrogen-bond acceptors (Lipinski definition) is 2. The van der Waals surface area contributed by atoms with Gasteiger partial charge in [0.25, 0.3) is 0 Å². The number of imidazole rings is 1. The molecule has 0 radical (unpaired) electrons. The summed E-state index contributed by atoms with van der Waals surface area (Å²) in [6, 6.07) is 0.489. The molecule has 3 rings (SSSR count). The third-order valence-corrected chi connectivity index (χ3v) is 4.87. The molecule has 1 saturated heterocycles. The third-order valence-electron chi connectivity index (χ3n) is 4.87. The molecule has 0 spiro atoms. The van der Waals surface area contributed by atoms with Crippen molar-refractivity contribution in [3.8, 4) is 0 Å². The van der Waals surface area contributed by atoms with Crippen LogP contribution in [0.15, 0.2) is 23.7 Å². The van der Waals surface area contributed by atoms with E-state index in [1.54, 1.807) is 0 Å². The molecule has 2 atom stereocenters. The van der Waals surface area contributed by atoms with E-state index in [1.807, 2.05) is 19.6 Å². The minimum atomic E-state index is 0.489. The Balaban J connectivity index is 1.58. The van der Waals surface area contributed by atoms with E-state index in [0.717, 1.165) is 31.5 Å². The smallest absolute Gasteiger partial charge is 0.193 e. The average Bonchev–Trinajstić information content (AvgIpc) is 3.16. The molecule has 5 heteroatoms. The highest BCUT2D eigenvalue weighted by Gasteiger charge is 2.29. The van der Waals surface area contributed by atoms with E-state index in [-0.39, 0.29) is 0 Å². The van der Waals surface area contributed by atoms with Crippen molar-refractivity contribution in [2.75, 3.05) is 26.7 Å². The molecule has 21 heavy (non-hydrogen) atoms. The quantitative estimate of drug-likeness (QED) is 0.682. The van der Waals surface area contributed by atoms with Gasteiger partial charge in [-0.25, -0.2) is 4.98 Å². The van der Waals surface area contributed by atoms with Gasteiger partial charge in [0.05, 0.1) is 12.4 Å². The lowest BCUT2D eigenvalue weighted by molar-refractivity contribution is 0.189. The SMILES string of the molecule is CN=C(NCCC1CC1)N1CCC(C)C(n2ccnc2)C1. The van der Waals surface area contributed by atoms with Crippen molar-refractivity contribution in [3.63, 3.8) is 0 Å². The summed E-state index contributed by atoms with van der Waals surface area (Å²) in [4.78, 5) is 11.1. The van der Waals surface area contributed by atoms with Crippen LogP contribution in [-0.2, 0) is 0 Å². The fraction of sp³-hybridized carbons (Fsp3) is 0.750. The van der Waals surface area contributed by atoms with Crippen LogP contribution in [0.1, 0.15) is 38.6 Å². The molecule has 2 heterocycles. The van der Waals surface area contributed by atoms with Crippen LogP contribution in [-0.4, -0.2) is 47.1 Å². The second-order valence-corrected chi connectivity index (χ2v) is 6.50. The van der Waals surface area contributed by atoms with Crippen molar-refractivity contribution >= 4 is 5.96 Å². The van der Waals surface area contributed by atoms with Gasteiger partial charge in [-0.1, -0.05) is 19.8 Å². The van der Waals surface area contributed by atoms with Gasteiger partial charge in [-0.15, -0.1) is 0 Å². The predicted molar refractivity (Wildman–Crippen MR) is 85.3 cm³/mol. The van der Waals surface area contributed by atoms with Crippen molar-refractivity contribution in [1.82, 2.24) is 19.8 Å². The molecular weight excluding hydrogens is 262 g/mol. The molecule has 2 aliphatic rings. The van der Waals surface area contributed by atoms with Crippen LogP contribution in [0.3, 0.4) is 0 Å². The molecule has 2 fully saturated rings. The summed E-state index contributed by atoms with van der Waals surface area (Å²) in [5, 5.41) is 3.54. The van der Waals surface area contributed by atoms with Gasteiger partial charge in [0, 0.05) is 39.1 Å². The Bertz CT molecular complexity index is 463. The molecule has 1 N–H and O–H groups in total. The normalized spacial score (nSPS) is 27.0. The lowest BCUT2D eigenvalue weighted by atomic mass is 9.93. The first-order valence-corrected chi connectivity index (χ1v) is 8.21. The number of aliphatic imine (C=N–C) groups is 1. The van der Waals surface area contributed by atoms with Crippen LogP contribution >= 0.6 is 0 Å². The predicted octanol–water partition coefficient (Wildman–Crippen LogP) is 2.14. The Kier molecular flexibility index (Phi) is 4.46. The van der Waals surface area contributed by atoms with E-state index in [4.69, 9.17) is 0 Å². The number of hydrogen-bond donors (Lipinski definition) is 1. The van der Waals surface area contributed by atoms with Gasteiger partial charge in [-0.2, -0.15) is 0 Å². The largest absolute Gasteiger partial charge is 0.356 e. The molecule has 0 aromatic carbocycles. The average molecular weight is 289 g/mol. The zero-order valence-corrected chi connectivity index (χ0v) is 13.2. The second kappa shape index (κ2) is 6.50. The van der Waals surface area contributed by atoms with Gasteiger partial charge < -0.3 is 14.8 Å². The number of piperidine rings is 1. The van der Waals surface area contributed by atoms with Crippen molar-refractivity contribution in [2.45, 2.75) is 38.6 Å². The van der Waals surface area contributed by atoms with Gasteiger partial charge in [0.2, 0.25) is 0 Å². The number of guanidine groups is 1. The topological polar surface area (TPSA) is 45.5 Å². The van der Waals surface area contributed by atoms with Gasteiger partial charge in [0.1, 0.15) is 0 Å². The number of likely N-dealkylation sites (tertiary alicyclic amines) is 1. The molecular formula is C16H27N5. The summed E-state index contributed by atoms with van der Waals surface area (Å²) in [6.07, 6.45) is 11.2. The monoisotopic (exact) mass is 289 g/mol. The van der Waals surface area contributed by atoms with Gasteiger partial charge >= 0.3 is 0 Å². The van der Waals surface area contributed by atoms with Crippen molar-refractivity contribution < 1.29 is 0 Å². The van der Waals surface area contributed by atoms with Crippen LogP contribution < -0.4 is 5.32 Å². The number of aromatic nitrogens is 2. The zero-order valence-electron chi connectivity index (χ0n) is 13.2. The van der Waals surface area contributed by atoms with Crippen LogP contribution in [0.25, 0.3) is 0 Å². The molecule has 0 bridgehead atoms. The molecule has 1 saturated carbocycles. The first-order valence-electron chi connectivity index (χ1n) is 8.21. The fourth-order valence-corrected chi connectivity index (χ4v) is 3.22. The Hall–Kier alpha value is -1.52. The summed E-state index contributed by atoms with van der Waals surface area (Å²) in [7, 11) is 1.89. The molecule has 1 aliphatic carbocycles. The molecule has 5 nitrogen and oxygen atoms in total. The Morgan fingerprint density at radius 2 is 2.24 bits per heavy atom. The molecule has 1 aromatic heterocycles. The fourth-order valence-electron chi connectivity index (χ4n) is 3.22. The van der Waals surface area contributed by atoms with Crippen molar-refractivity contribution in [2.24, 2.45) is 16.8 Å². The van der Waals surface area contributed by atoms with Crippen LogP contribution in [0, 0.1) is 11.8 Å². The van der Waals surface area contributed by atoms with E-state index < -0.39 is 0 Å². The van der Waals surface area contributed by atoms with Gasteiger partial charge in [-0.3, -0.25) is 4.99 Å². The Labute approximate surface area is 127 Å². The van der Waals surface area contributed by atoms with E-state index in [9.17, 15) is 0 Å². The highest BCUT2D eigenvalue weighted by molar-refractivity contribution is 5.80. The first-order chi connectivity index (χ1) is 10.3. The Morgan fingerprint density at radius 3 is 2.90 bits per heavy atom. The van der Waals surface area contributed by atoms with Crippen LogP contribution in [0.2, 0.25) is 0 Å². The molecule has 1 aliphatic heterocycles. The standard InChI is InChI=1S/C16H27N5/c1-13-6-9-20(11-15(13)21-10-8-18-12-21)16(17-2)19-7-5-14-3-4-14/h8,10,12-15H,3-7,9,11H2,1-2H3,(H,17,19). The van der Waals surface area contributed by atoms with Gasteiger partial charge in [-0.05, 0) is 24.7 Å². The highest BCUT2D eigenvalue weighted by Crippen LogP contribution is 2.32. The molecule has 1 aromatic rings. The molecule has 0 amide bonds. The van der Waals surface area contributed by atoms with Crippen molar-refractivity contribution in [1.29, 1.82) is 0 Å². The minimum absolute atomic E-state index is 0.489. The minimum Gasteiger partial charge on any atom is -0.356 e. The lowest BCUT2D eigenvalue weighted by Crippen LogP contribution is -2.49. The summed E-state index contributed by atoms with van der Waals surface area (Å²) in [6.45, 7) is 5.50. The second-order valence-electron chi connectivity index (χ2n) is 6.50. The maximum atomic E-state index is 4.48. The molecule has 2 unspecified atom stereocenters. The van der Waals surface area contributed by atoms with E-state index >= 15 is 0 Å². The maximum absolute atomic E-state index is 4.48. The highest BCUT2D eigenvalue weighted by atomic mass is 15.3. The summed E-state index contributed by atoms with van der Waals surface area (Å²) in [5.74, 6) is 2.71. The van der Waals surface area contributed by atoms with E-state index in [2.05, 4.69) is 37.9 Å². The van der Waals surface area contributed by atoms with E-state index in [1.165, 1.54) is 25.7 Å². The van der Waals surface area contributed by atoms with Gasteiger partial charge in [0.15, 0.2) is 5.96 Å². The Morgan fingerprint density at radius 1 is 1.38 bits per heavy atom. The third kappa shape index (κ3) is 3.57. The first kappa shape index (κ1) is 14.4. The number of nitrogens with zero attached hydrogens (tertiary/aromatic N) is 4. The molecule has 116 valence electrons. The maximum Gasteiger partial charge on any atom is 0.193 e. The summed E-state index contributed by atoms with van der Waals surface area (Å²) >= 11 is 0. The van der Waals surface area contributed by atoms with E-state index in [0.29, 0.717) is 12.0 Å². The summed E-state index contributed by atoms with van der Waals surface area (Å²) < 4.78 is 2.24. The zero-order chi connectivity index (χ0) is 14.7. The van der Waals surface area contributed by atoms with Crippen molar-refractivity contribution in [3.05, 3.63) is 18.7 Å². The lowest BCUT2D eigenvalue weighted by Gasteiger charge is -2.39. The number of rotatable bonds is 4. The summed E-state index contributed by atoms with van der Waals surface area (Å²) in [5.41, 5.74) is 0. The van der Waals surface area contributed by atoms with Crippen LogP contribution in [0.4, 0.5) is 0 Å². The van der Waals surface area contributed by atoms with Crippen LogP contribution in [0.5, 0.6) is 0 Å².